The Balaban J connectivity index is 1.90. The van der Waals surface area contributed by atoms with E-state index in [2.05, 4.69) is 15.9 Å². The fraction of sp³-hybridized carbons (Fsp3) is 0.133. The zero-order valence-corrected chi connectivity index (χ0v) is 12.7. The van der Waals surface area contributed by atoms with E-state index in [-0.39, 0.29) is 24.6 Å². The molecule has 0 fully saturated rings. The molecular formula is C15H11BrClFO2. The fourth-order valence-electron chi connectivity index (χ4n) is 1.63. The van der Waals surface area contributed by atoms with Crippen molar-refractivity contribution in [2.45, 2.75) is 6.42 Å². The van der Waals surface area contributed by atoms with Crippen molar-refractivity contribution in [2.75, 3.05) is 6.61 Å². The van der Waals surface area contributed by atoms with E-state index in [1.807, 2.05) is 0 Å². The van der Waals surface area contributed by atoms with Crippen LogP contribution in [0.1, 0.15) is 5.56 Å². The van der Waals surface area contributed by atoms with Crippen LogP contribution in [0.25, 0.3) is 0 Å². The molecule has 0 aliphatic heterocycles. The molecule has 5 heteroatoms. The zero-order chi connectivity index (χ0) is 14.5. The Bertz CT molecular complexity index is 614. The Kier molecular flexibility index (Phi) is 5.15. The minimum Gasteiger partial charge on any atom is -0.484 e. The molecule has 0 unspecified atom stereocenters. The Morgan fingerprint density at radius 2 is 1.90 bits per heavy atom. The average molecular weight is 358 g/mol. The first kappa shape index (κ1) is 15.0. The lowest BCUT2D eigenvalue weighted by atomic mass is 10.1. The van der Waals surface area contributed by atoms with E-state index < -0.39 is 0 Å². The highest BCUT2D eigenvalue weighted by molar-refractivity contribution is 9.10. The molecule has 0 spiro atoms. The van der Waals surface area contributed by atoms with Gasteiger partial charge in [-0.2, -0.15) is 0 Å². The number of carbonyl (C=O) groups excluding carboxylic acids is 1. The summed E-state index contributed by atoms with van der Waals surface area (Å²) in [6, 6.07) is 11.0. The largest absolute Gasteiger partial charge is 0.484 e. The fourth-order valence-corrected chi connectivity index (χ4v) is 2.36. The minimum atomic E-state index is -0.320. The van der Waals surface area contributed by atoms with E-state index in [1.54, 1.807) is 30.3 Å². The van der Waals surface area contributed by atoms with Crippen molar-refractivity contribution in [3.8, 4) is 5.75 Å². The summed E-state index contributed by atoms with van der Waals surface area (Å²) in [7, 11) is 0. The molecule has 2 aromatic carbocycles. The number of halogens is 3. The Morgan fingerprint density at radius 3 is 2.55 bits per heavy atom. The van der Waals surface area contributed by atoms with Gasteiger partial charge in [0, 0.05) is 10.9 Å². The van der Waals surface area contributed by atoms with Crippen molar-refractivity contribution in [1.29, 1.82) is 0 Å². The van der Waals surface area contributed by atoms with Crippen molar-refractivity contribution in [1.82, 2.24) is 0 Å². The standard InChI is InChI=1S/C15H11BrClFO2/c16-11-3-6-15(14(17)8-11)20-9-13(19)7-10-1-4-12(18)5-2-10/h1-6,8H,7,9H2. The lowest BCUT2D eigenvalue weighted by molar-refractivity contribution is -0.120. The molecule has 0 amide bonds. The van der Waals surface area contributed by atoms with Gasteiger partial charge in [0.1, 0.15) is 18.2 Å². The van der Waals surface area contributed by atoms with Crippen molar-refractivity contribution in [2.24, 2.45) is 0 Å². The van der Waals surface area contributed by atoms with E-state index in [0.717, 1.165) is 10.0 Å². The molecule has 0 saturated carbocycles. The molecule has 0 aliphatic rings. The molecule has 2 nitrogen and oxygen atoms in total. The summed E-state index contributed by atoms with van der Waals surface area (Å²) < 4.78 is 19.0. The third-order valence-electron chi connectivity index (χ3n) is 2.60. The Labute approximate surface area is 129 Å². The van der Waals surface area contributed by atoms with Gasteiger partial charge in [-0.25, -0.2) is 4.39 Å². The number of hydrogen-bond donors (Lipinski definition) is 0. The molecular weight excluding hydrogens is 347 g/mol. The van der Waals surface area contributed by atoms with Crippen molar-refractivity contribution in [3.63, 3.8) is 0 Å². The van der Waals surface area contributed by atoms with E-state index in [0.29, 0.717) is 10.8 Å². The normalized spacial score (nSPS) is 10.3. The maximum Gasteiger partial charge on any atom is 0.174 e. The lowest BCUT2D eigenvalue weighted by Crippen LogP contribution is -2.14. The molecule has 0 atom stereocenters. The zero-order valence-electron chi connectivity index (χ0n) is 10.4. The molecule has 20 heavy (non-hydrogen) atoms. The third-order valence-corrected chi connectivity index (χ3v) is 3.39. The Hall–Kier alpha value is -1.39. The first-order valence-corrected chi connectivity index (χ1v) is 7.05. The maximum absolute atomic E-state index is 12.7. The highest BCUT2D eigenvalue weighted by atomic mass is 79.9. The molecule has 0 aromatic heterocycles. The van der Waals surface area contributed by atoms with E-state index >= 15 is 0 Å². The van der Waals surface area contributed by atoms with Gasteiger partial charge in [-0.3, -0.25) is 4.79 Å². The molecule has 104 valence electrons. The van der Waals surface area contributed by atoms with Crippen molar-refractivity contribution in [3.05, 3.63) is 63.3 Å². The van der Waals surface area contributed by atoms with Crippen LogP contribution in [-0.4, -0.2) is 12.4 Å². The number of ether oxygens (including phenoxy) is 1. The van der Waals surface area contributed by atoms with Gasteiger partial charge >= 0.3 is 0 Å². The van der Waals surface area contributed by atoms with E-state index in [1.165, 1.54) is 12.1 Å². The quantitative estimate of drug-likeness (QED) is 0.791. The molecule has 0 bridgehead atoms. The highest BCUT2D eigenvalue weighted by Crippen LogP contribution is 2.27. The van der Waals surface area contributed by atoms with Crippen LogP contribution in [0.5, 0.6) is 5.75 Å². The average Bonchev–Trinajstić information content (AvgIpc) is 2.40. The maximum atomic E-state index is 12.7. The number of benzene rings is 2. The van der Waals surface area contributed by atoms with Crippen LogP contribution in [0.2, 0.25) is 5.02 Å². The summed E-state index contributed by atoms with van der Waals surface area (Å²) in [6.07, 6.45) is 0.203. The van der Waals surface area contributed by atoms with Crippen molar-refractivity contribution < 1.29 is 13.9 Å². The van der Waals surface area contributed by atoms with Crippen LogP contribution in [0.15, 0.2) is 46.9 Å². The van der Waals surface area contributed by atoms with Gasteiger partial charge in [-0.1, -0.05) is 39.7 Å². The van der Waals surface area contributed by atoms with E-state index in [4.69, 9.17) is 16.3 Å². The van der Waals surface area contributed by atoms with Gasteiger partial charge in [-0.05, 0) is 35.9 Å². The second kappa shape index (κ2) is 6.86. The van der Waals surface area contributed by atoms with Crippen LogP contribution in [0.3, 0.4) is 0 Å². The number of ketones is 1. The summed E-state index contributed by atoms with van der Waals surface area (Å²) in [5.41, 5.74) is 0.752. The summed E-state index contributed by atoms with van der Waals surface area (Å²) in [6.45, 7) is -0.0707. The molecule has 0 aliphatic carbocycles. The van der Waals surface area contributed by atoms with Crippen LogP contribution < -0.4 is 4.74 Å². The first-order valence-electron chi connectivity index (χ1n) is 5.88. The van der Waals surface area contributed by atoms with Crippen LogP contribution >= 0.6 is 27.5 Å². The summed E-state index contributed by atoms with van der Waals surface area (Å²) in [5.74, 6) is 0.0389. The van der Waals surface area contributed by atoms with E-state index in [9.17, 15) is 9.18 Å². The predicted octanol–water partition coefficient (Wildman–Crippen LogP) is 4.43. The summed E-state index contributed by atoms with van der Waals surface area (Å²) >= 11 is 9.27. The van der Waals surface area contributed by atoms with Gasteiger partial charge in [0.15, 0.2) is 5.78 Å². The van der Waals surface area contributed by atoms with Gasteiger partial charge < -0.3 is 4.74 Å². The number of Topliss-reactive ketones (excluding diaryl/α,β-unsaturated/α-hetero) is 1. The second-order valence-corrected chi connectivity index (χ2v) is 5.53. The monoisotopic (exact) mass is 356 g/mol. The third kappa shape index (κ3) is 4.32. The molecule has 2 aromatic rings. The van der Waals surface area contributed by atoms with Gasteiger partial charge in [0.25, 0.3) is 0 Å². The minimum absolute atomic E-state index is 0.0707. The van der Waals surface area contributed by atoms with Crippen LogP contribution in [0.4, 0.5) is 4.39 Å². The van der Waals surface area contributed by atoms with Crippen LogP contribution in [0, 0.1) is 5.82 Å². The molecule has 0 radical (unpaired) electrons. The number of hydrogen-bond acceptors (Lipinski definition) is 2. The molecule has 2 rings (SSSR count). The predicted molar refractivity (Wildman–Crippen MR) is 79.8 cm³/mol. The lowest BCUT2D eigenvalue weighted by Gasteiger charge is -2.07. The van der Waals surface area contributed by atoms with Crippen molar-refractivity contribution >= 4 is 33.3 Å². The van der Waals surface area contributed by atoms with Crippen LogP contribution in [-0.2, 0) is 11.2 Å². The van der Waals surface area contributed by atoms with Gasteiger partial charge in [-0.15, -0.1) is 0 Å². The smallest absolute Gasteiger partial charge is 0.174 e. The molecule has 0 saturated heterocycles. The highest BCUT2D eigenvalue weighted by Gasteiger charge is 2.07. The number of rotatable bonds is 5. The summed E-state index contributed by atoms with van der Waals surface area (Å²) in [5, 5.41) is 0.439. The topological polar surface area (TPSA) is 26.3 Å². The molecule has 0 heterocycles. The Morgan fingerprint density at radius 1 is 1.20 bits per heavy atom. The number of carbonyl (C=O) groups is 1. The van der Waals surface area contributed by atoms with Gasteiger partial charge in [0.05, 0.1) is 5.02 Å². The van der Waals surface area contributed by atoms with Gasteiger partial charge in [0.2, 0.25) is 0 Å². The first-order chi connectivity index (χ1) is 9.54. The SMILES string of the molecule is O=C(COc1ccc(Br)cc1Cl)Cc1ccc(F)cc1. The summed E-state index contributed by atoms with van der Waals surface area (Å²) in [4.78, 5) is 11.8. The second-order valence-electron chi connectivity index (χ2n) is 4.21. The molecule has 0 N–H and O–H groups in total.